The van der Waals surface area contributed by atoms with Gasteiger partial charge < -0.3 is 14.2 Å². The van der Waals surface area contributed by atoms with Gasteiger partial charge >= 0.3 is 11.9 Å². The molecule has 0 N–H and O–H groups in total. The van der Waals surface area contributed by atoms with Gasteiger partial charge in [0.25, 0.3) is 6.47 Å². The summed E-state index contributed by atoms with van der Waals surface area (Å²) in [5, 5.41) is 0. The summed E-state index contributed by atoms with van der Waals surface area (Å²) in [7, 11) is 0. The van der Waals surface area contributed by atoms with E-state index < -0.39 is 0 Å². The van der Waals surface area contributed by atoms with Gasteiger partial charge in [-0.25, -0.2) is 0 Å². The molecule has 0 aromatic carbocycles. The highest BCUT2D eigenvalue weighted by Crippen LogP contribution is 2.27. The van der Waals surface area contributed by atoms with Crippen molar-refractivity contribution in [3.63, 3.8) is 0 Å². The first-order chi connectivity index (χ1) is 11.1. The number of unbranched alkanes of at least 4 members (excludes halogenated alkanes) is 1. The minimum atomic E-state index is -0.356. The lowest BCUT2D eigenvalue weighted by Crippen LogP contribution is -2.34. The SMILES string of the molecule is CCC(C)C(=O)OCCCCOC(=O)C1CCCCC1OC=O. The number of ether oxygens (including phenoxy) is 3. The quantitative estimate of drug-likeness (QED) is 0.265. The van der Waals surface area contributed by atoms with Crippen LogP contribution >= 0.6 is 0 Å². The molecular formula is C17H28O6. The highest BCUT2D eigenvalue weighted by atomic mass is 16.5. The summed E-state index contributed by atoms with van der Waals surface area (Å²) in [6.07, 6.45) is 5.04. The summed E-state index contributed by atoms with van der Waals surface area (Å²) in [6, 6.07) is 0. The number of carbonyl (C=O) groups excluding carboxylic acids is 3. The van der Waals surface area contributed by atoms with Crippen LogP contribution < -0.4 is 0 Å². The van der Waals surface area contributed by atoms with Crippen molar-refractivity contribution in [1.82, 2.24) is 0 Å². The van der Waals surface area contributed by atoms with E-state index in [2.05, 4.69) is 0 Å². The Morgan fingerprint density at radius 1 is 1.13 bits per heavy atom. The van der Waals surface area contributed by atoms with Crippen molar-refractivity contribution >= 4 is 18.4 Å². The van der Waals surface area contributed by atoms with Crippen molar-refractivity contribution < 1.29 is 28.6 Å². The molecule has 0 aromatic rings. The Labute approximate surface area is 137 Å². The molecule has 3 unspecified atom stereocenters. The molecule has 0 heterocycles. The molecule has 132 valence electrons. The fourth-order valence-electron chi connectivity index (χ4n) is 2.57. The molecule has 0 bridgehead atoms. The van der Waals surface area contributed by atoms with Crippen LogP contribution in [0.25, 0.3) is 0 Å². The van der Waals surface area contributed by atoms with Crippen LogP contribution in [0.15, 0.2) is 0 Å². The Morgan fingerprint density at radius 3 is 2.43 bits per heavy atom. The van der Waals surface area contributed by atoms with Crippen molar-refractivity contribution in [2.24, 2.45) is 11.8 Å². The average Bonchev–Trinajstić information content (AvgIpc) is 2.57. The van der Waals surface area contributed by atoms with Gasteiger partial charge in [0.1, 0.15) is 6.10 Å². The Kier molecular flexibility index (Phi) is 9.33. The standard InChI is InChI=1S/C17H28O6/c1-3-13(2)16(19)21-10-6-7-11-22-17(20)14-8-4-5-9-15(14)23-12-18/h12-15H,3-11H2,1-2H3. The molecule has 0 saturated heterocycles. The lowest BCUT2D eigenvalue weighted by molar-refractivity contribution is -0.159. The maximum Gasteiger partial charge on any atom is 0.312 e. The van der Waals surface area contributed by atoms with Crippen LogP contribution in [-0.4, -0.2) is 37.7 Å². The summed E-state index contributed by atoms with van der Waals surface area (Å²) < 4.78 is 15.4. The van der Waals surface area contributed by atoms with Gasteiger partial charge in [0.05, 0.1) is 25.0 Å². The lowest BCUT2D eigenvalue weighted by atomic mass is 9.86. The minimum Gasteiger partial charge on any atom is -0.465 e. The molecule has 1 aliphatic carbocycles. The van der Waals surface area contributed by atoms with Crippen LogP contribution in [0.4, 0.5) is 0 Å². The Morgan fingerprint density at radius 2 is 1.78 bits per heavy atom. The first-order valence-corrected chi connectivity index (χ1v) is 8.52. The van der Waals surface area contributed by atoms with Crippen molar-refractivity contribution in [2.45, 2.75) is 64.9 Å². The zero-order valence-electron chi connectivity index (χ0n) is 14.1. The molecule has 6 nitrogen and oxygen atoms in total. The Bertz CT molecular complexity index is 381. The van der Waals surface area contributed by atoms with E-state index in [4.69, 9.17) is 14.2 Å². The molecular weight excluding hydrogens is 300 g/mol. The molecule has 1 aliphatic rings. The molecule has 1 saturated carbocycles. The third-order valence-electron chi connectivity index (χ3n) is 4.28. The van der Waals surface area contributed by atoms with Crippen LogP contribution in [0, 0.1) is 11.8 Å². The maximum absolute atomic E-state index is 12.0. The maximum atomic E-state index is 12.0. The summed E-state index contributed by atoms with van der Waals surface area (Å²) in [4.78, 5) is 34.0. The molecule has 0 spiro atoms. The molecule has 23 heavy (non-hydrogen) atoms. The monoisotopic (exact) mass is 328 g/mol. The van der Waals surface area contributed by atoms with Gasteiger partial charge in [0.2, 0.25) is 0 Å². The van der Waals surface area contributed by atoms with Crippen LogP contribution in [-0.2, 0) is 28.6 Å². The van der Waals surface area contributed by atoms with Crippen molar-refractivity contribution in [1.29, 1.82) is 0 Å². The molecule has 3 atom stereocenters. The lowest BCUT2D eigenvalue weighted by Gasteiger charge is -2.28. The molecule has 6 heteroatoms. The first kappa shape index (κ1) is 19.5. The summed E-state index contributed by atoms with van der Waals surface area (Å²) in [6.45, 7) is 4.83. The zero-order chi connectivity index (χ0) is 17.1. The van der Waals surface area contributed by atoms with Gasteiger partial charge in [-0.1, -0.05) is 20.3 Å². The van der Waals surface area contributed by atoms with Crippen LogP contribution in [0.2, 0.25) is 0 Å². The van der Waals surface area contributed by atoms with E-state index in [0.717, 1.165) is 19.3 Å². The number of hydrogen-bond acceptors (Lipinski definition) is 6. The number of rotatable bonds is 10. The predicted octanol–water partition coefficient (Wildman–Crippen LogP) is 2.63. The summed E-state index contributed by atoms with van der Waals surface area (Å²) >= 11 is 0. The predicted molar refractivity (Wildman–Crippen MR) is 83.5 cm³/mol. The largest absolute Gasteiger partial charge is 0.465 e. The highest BCUT2D eigenvalue weighted by Gasteiger charge is 2.33. The van der Waals surface area contributed by atoms with E-state index in [1.807, 2.05) is 13.8 Å². The smallest absolute Gasteiger partial charge is 0.312 e. The molecule has 0 aromatic heterocycles. The number of hydrogen-bond donors (Lipinski definition) is 0. The van der Waals surface area contributed by atoms with Crippen molar-refractivity contribution in [3.8, 4) is 0 Å². The summed E-state index contributed by atoms with van der Waals surface area (Å²) in [5.41, 5.74) is 0. The Balaban J connectivity index is 2.16. The van der Waals surface area contributed by atoms with Crippen LogP contribution in [0.1, 0.15) is 58.8 Å². The highest BCUT2D eigenvalue weighted by molar-refractivity contribution is 5.73. The van der Waals surface area contributed by atoms with Crippen molar-refractivity contribution in [3.05, 3.63) is 0 Å². The van der Waals surface area contributed by atoms with Crippen LogP contribution in [0.5, 0.6) is 0 Å². The van der Waals surface area contributed by atoms with Crippen molar-refractivity contribution in [2.75, 3.05) is 13.2 Å². The second kappa shape index (κ2) is 11.0. The fourth-order valence-corrected chi connectivity index (χ4v) is 2.57. The van der Waals surface area contributed by atoms with E-state index in [1.165, 1.54) is 0 Å². The molecule has 1 rings (SSSR count). The fraction of sp³-hybridized carbons (Fsp3) is 0.824. The van der Waals surface area contributed by atoms with Crippen LogP contribution in [0.3, 0.4) is 0 Å². The molecule has 0 aliphatic heterocycles. The third kappa shape index (κ3) is 7.01. The second-order valence-corrected chi connectivity index (χ2v) is 6.01. The van der Waals surface area contributed by atoms with E-state index in [9.17, 15) is 14.4 Å². The van der Waals surface area contributed by atoms with Gasteiger partial charge in [-0.05, 0) is 38.5 Å². The minimum absolute atomic E-state index is 0.0751. The zero-order valence-corrected chi connectivity index (χ0v) is 14.1. The van der Waals surface area contributed by atoms with E-state index in [1.54, 1.807) is 0 Å². The molecule has 0 radical (unpaired) electrons. The second-order valence-electron chi connectivity index (χ2n) is 6.01. The van der Waals surface area contributed by atoms with E-state index in [0.29, 0.717) is 45.4 Å². The van der Waals surface area contributed by atoms with E-state index in [-0.39, 0.29) is 29.9 Å². The van der Waals surface area contributed by atoms with E-state index >= 15 is 0 Å². The molecule has 1 fully saturated rings. The summed E-state index contributed by atoms with van der Waals surface area (Å²) in [5.74, 6) is -0.903. The van der Waals surface area contributed by atoms with Gasteiger partial charge in [-0.3, -0.25) is 14.4 Å². The third-order valence-corrected chi connectivity index (χ3v) is 4.28. The van der Waals surface area contributed by atoms with Gasteiger partial charge in [0.15, 0.2) is 0 Å². The normalized spacial score (nSPS) is 22.0. The van der Waals surface area contributed by atoms with Gasteiger partial charge in [-0.2, -0.15) is 0 Å². The molecule has 0 amide bonds. The topological polar surface area (TPSA) is 78.9 Å². The number of esters is 2. The first-order valence-electron chi connectivity index (χ1n) is 8.52. The average molecular weight is 328 g/mol. The van der Waals surface area contributed by atoms with Gasteiger partial charge in [0, 0.05) is 0 Å². The number of carbonyl (C=O) groups is 3. The Hall–Kier alpha value is -1.59. The van der Waals surface area contributed by atoms with Gasteiger partial charge in [-0.15, -0.1) is 0 Å².